The van der Waals surface area contributed by atoms with Gasteiger partial charge in [-0.3, -0.25) is 10.1 Å². The Morgan fingerprint density at radius 2 is 1.88 bits per heavy atom. The van der Waals surface area contributed by atoms with Gasteiger partial charge in [0.05, 0.1) is 7.11 Å². The molecule has 6 nitrogen and oxygen atoms in total. The fourth-order valence-corrected chi connectivity index (χ4v) is 3.32. The molecule has 0 saturated heterocycles. The summed E-state index contributed by atoms with van der Waals surface area (Å²) in [5, 5.41) is 12.1. The van der Waals surface area contributed by atoms with E-state index in [1.165, 1.54) is 16.9 Å². The number of hydrogen-bond donors (Lipinski definition) is 1. The van der Waals surface area contributed by atoms with Gasteiger partial charge in [-0.1, -0.05) is 47.2 Å². The highest BCUT2D eigenvalue weighted by atomic mass is 32.1. The van der Waals surface area contributed by atoms with E-state index in [0.29, 0.717) is 16.6 Å². The zero-order valence-corrected chi connectivity index (χ0v) is 15.6. The van der Waals surface area contributed by atoms with E-state index in [-0.39, 0.29) is 12.5 Å². The van der Waals surface area contributed by atoms with Crippen molar-refractivity contribution in [3.05, 3.63) is 53.6 Å². The number of nitrogens with zero attached hydrogens (tertiary/aromatic N) is 2. The molecule has 0 saturated carbocycles. The number of rotatable bonds is 6. The Kier molecular flexibility index (Phi) is 5.48. The summed E-state index contributed by atoms with van der Waals surface area (Å²) in [5.74, 6) is 0.783. The molecule has 0 unspecified atom stereocenters. The van der Waals surface area contributed by atoms with Crippen LogP contribution in [0.4, 0.5) is 5.13 Å². The number of aromatic nitrogens is 2. The van der Waals surface area contributed by atoms with E-state index in [1.807, 2.05) is 38.1 Å². The Morgan fingerprint density at radius 3 is 2.62 bits per heavy atom. The number of amides is 1. The summed E-state index contributed by atoms with van der Waals surface area (Å²) >= 11 is 1.33. The van der Waals surface area contributed by atoms with Gasteiger partial charge in [-0.2, -0.15) is 0 Å². The molecule has 3 rings (SSSR count). The van der Waals surface area contributed by atoms with Crippen molar-refractivity contribution in [3.8, 4) is 22.1 Å². The topological polar surface area (TPSA) is 73.3 Å². The van der Waals surface area contributed by atoms with Crippen molar-refractivity contribution in [2.45, 2.75) is 13.8 Å². The standard InChI is InChI=1S/C19H19N3O3S/c1-12-8-9-14(13(2)10-12)18-21-22-19(26-18)20-17(23)11-25-16-7-5-4-6-15(16)24-3/h4-10H,11H2,1-3H3,(H,20,22,23). The molecule has 0 aliphatic heterocycles. The smallest absolute Gasteiger partial charge is 0.264 e. The third-order valence-electron chi connectivity index (χ3n) is 3.71. The van der Waals surface area contributed by atoms with Crippen molar-refractivity contribution in [2.75, 3.05) is 19.0 Å². The van der Waals surface area contributed by atoms with Gasteiger partial charge in [0.25, 0.3) is 5.91 Å². The molecule has 0 fully saturated rings. The first-order chi connectivity index (χ1) is 12.6. The van der Waals surface area contributed by atoms with E-state index in [0.717, 1.165) is 16.1 Å². The summed E-state index contributed by atoms with van der Waals surface area (Å²) in [6.07, 6.45) is 0. The van der Waals surface area contributed by atoms with E-state index >= 15 is 0 Å². The van der Waals surface area contributed by atoms with Gasteiger partial charge >= 0.3 is 0 Å². The molecular formula is C19H19N3O3S. The second-order valence-electron chi connectivity index (χ2n) is 5.72. The summed E-state index contributed by atoms with van der Waals surface area (Å²) in [6, 6.07) is 13.3. The van der Waals surface area contributed by atoms with Crippen LogP contribution in [0.15, 0.2) is 42.5 Å². The average molecular weight is 369 g/mol. The molecule has 7 heteroatoms. The van der Waals surface area contributed by atoms with E-state index in [2.05, 4.69) is 21.6 Å². The van der Waals surface area contributed by atoms with Crippen LogP contribution in [0.2, 0.25) is 0 Å². The van der Waals surface area contributed by atoms with Gasteiger partial charge in [0, 0.05) is 5.56 Å². The lowest BCUT2D eigenvalue weighted by atomic mass is 10.1. The summed E-state index contributed by atoms with van der Waals surface area (Å²) in [5.41, 5.74) is 3.33. The van der Waals surface area contributed by atoms with Crippen molar-refractivity contribution in [1.29, 1.82) is 0 Å². The molecule has 3 aromatic rings. The van der Waals surface area contributed by atoms with Gasteiger partial charge in [0.2, 0.25) is 5.13 Å². The Balaban J connectivity index is 1.63. The highest BCUT2D eigenvalue weighted by molar-refractivity contribution is 7.18. The number of ether oxygens (including phenoxy) is 2. The van der Waals surface area contributed by atoms with E-state index in [1.54, 1.807) is 19.2 Å². The Bertz CT molecular complexity index is 924. The van der Waals surface area contributed by atoms with Crippen LogP contribution in [-0.4, -0.2) is 29.8 Å². The molecule has 1 heterocycles. The normalized spacial score (nSPS) is 10.4. The van der Waals surface area contributed by atoms with E-state index in [9.17, 15) is 4.79 Å². The number of carbonyl (C=O) groups is 1. The number of aryl methyl sites for hydroxylation is 2. The maximum Gasteiger partial charge on any atom is 0.264 e. The van der Waals surface area contributed by atoms with Crippen LogP contribution in [0, 0.1) is 13.8 Å². The quantitative estimate of drug-likeness (QED) is 0.714. The number of para-hydroxylation sites is 2. The second-order valence-corrected chi connectivity index (χ2v) is 6.70. The number of methoxy groups -OCH3 is 1. The predicted octanol–water partition coefficient (Wildman–Crippen LogP) is 3.85. The number of hydrogen-bond acceptors (Lipinski definition) is 6. The Hall–Kier alpha value is -2.93. The molecule has 0 bridgehead atoms. The molecule has 0 aliphatic carbocycles. The predicted molar refractivity (Wildman–Crippen MR) is 102 cm³/mol. The lowest BCUT2D eigenvalue weighted by Gasteiger charge is -2.09. The zero-order valence-electron chi connectivity index (χ0n) is 14.8. The van der Waals surface area contributed by atoms with Gasteiger partial charge in [0.1, 0.15) is 5.01 Å². The maximum absolute atomic E-state index is 12.1. The molecule has 0 spiro atoms. The lowest BCUT2D eigenvalue weighted by Crippen LogP contribution is -2.20. The minimum absolute atomic E-state index is 0.140. The molecule has 134 valence electrons. The first-order valence-corrected chi connectivity index (χ1v) is 8.85. The molecule has 0 radical (unpaired) electrons. The number of anilines is 1. The van der Waals surface area contributed by atoms with Gasteiger partial charge in [-0.15, -0.1) is 10.2 Å². The van der Waals surface area contributed by atoms with Gasteiger partial charge in [0.15, 0.2) is 18.1 Å². The number of carbonyl (C=O) groups excluding carboxylic acids is 1. The van der Waals surface area contributed by atoms with Gasteiger partial charge < -0.3 is 9.47 Å². The van der Waals surface area contributed by atoms with Crippen LogP contribution in [0.1, 0.15) is 11.1 Å². The number of nitrogens with one attached hydrogen (secondary N) is 1. The largest absolute Gasteiger partial charge is 0.493 e. The first-order valence-electron chi connectivity index (χ1n) is 8.03. The Morgan fingerprint density at radius 1 is 1.12 bits per heavy atom. The molecule has 1 amide bonds. The zero-order chi connectivity index (χ0) is 18.5. The van der Waals surface area contributed by atoms with Crippen LogP contribution < -0.4 is 14.8 Å². The summed E-state index contributed by atoms with van der Waals surface area (Å²) in [6.45, 7) is 3.94. The molecule has 2 aromatic carbocycles. The molecular weight excluding hydrogens is 350 g/mol. The van der Waals surface area contributed by atoms with Crippen LogP contribution >= 0.6 is 11.3 Å². The van der Waals surface area contributed by atoms with Crippen molar-refractivity contribution in [1.82, 2.24) is 10.2 Å². The minimum Gasteiger partial charge on any atom is -0.493 e. The first kappa shape index (κ1) is 17.9. The molecule has 26 heavy (non-hydrogen) atoms. The van der Waals surface area contributed by atoms with Gasteiger partial charge in [-0.05, 0) is 31.5 Å². The highest BCUT2D eigenvalue weighted by Gasteiger charge is 2.12. The Labute approximate surface area is 155 Å². The highest BCUT2D eigenvalue weighted by Crippen LogP contribution is 2.29. The monoisotopic (exact) mass is 369 g/mol. The summed E-state index contributed by atoms with van der Waals surface area (Å²) < 4.78 is 10.7. The lowest BCUT2D eigenvalue weighted by molar-refractivity contribution is -0.118. The fraction of sp³-hybridized carbons (Fsp3) is 0.211. The van der Waals surface area contributed by atoms with E-state index < -0.39 is 0 Å². The van der Waals surface area contributed by atoms with Crippen LogP contribution in [0.3, 0.4) is 0 Å². The minimum atomic E-state index is -0.306. The molecule has 0 aliphatic rings. The number of benzene rings is 2. The summed E-state index contributed by atoms with van der Waals surface area (Å²) in [7, 11) is 1.55. The third-order valence-corrected chi connectivity index (χ3v) is 4.58. The fourth-order valence-electron chi connectivity index (χ4n) is 2.47. The van der Waals surface area contributed by atoms with Crippen molar-refractivity contribution < 1.29 is 14.3 Å². The van der Waals surface area contributed by atoms with Crippen molar-refractivity contribution >= 4 is 22.4 Å². The van der Waals surface area contributed by atoms with Crippen molar-refractivity contribution in [3.63, 3.8) is 0 Å². The molecule has 1 N–H and O–H groups in total. The maximum atomic E-state index is 12.1. The third kappa shape index (κ3) is 4.18. The molecule has 0 atom stereocenters. The van der Waals surface area contributed by atoms with Crippen LogP contribution in [0.5, 0.6) is 11.5 Å². The van der Waals surface area contributed by atoms with Crippen molar-refractivity contribution in [2.24, 2.45) is 0 Å². The van der Waals surface area contributed by atoms with Gasteiger partial charge in [-0.25, -0.2) is 0 Å². The van der Waals surface area contributed by atoms with Crippen LogP contribution in [-0.2, 0) is 4.79 Å². The summed E-state index contributed by atoms with van der Waals surface area (Å²) in [4.78, 5) is 12.1. The molecule has 1 aromatic heterocycles. The van der Waals surface area contributed by atoms with E-state index in [4.69, 9.17) is 9.47 Å². The second kappa shape index (κ2) is 7.97. The average Bonchev–Trinajstić information content (AvgIpc) is 3.08. The van der Waals surface area contributed by atoms with Crippen LogP contribution in [0.25, 0.3) is 10.6 Å². The SMILES string of the molecule is COc1ccccc1OCC(=O)Nc1nnc(-c2ccc(C)cc2C)s1.